The predicted molar refractivity (Wildman–Crippen MR) is 102 cm³/mol. The van der Waals surface area contributed by atoms with Gasteiger partial charge in [0.05, 0.1) is 6.04 Å². The highest BCUT2D eigenvalue weighted by molar-refractivity contribution is 5.79. The summed E-state index contributed by atoms with van der Waals surface area (Å²) >= 11 is 0. The van der Waals surface area contributed by atoms with Gasteiger partial charge in [0.2, 0.25) is 5.91 Å². The number of carbonyl (C=O) groups excluding carboxylic acids is 1. The highest BCUT2D eigenvalue weighted by Crippen LogP contribution is 2.32. The van der Waals surface area contributed by atoms with Crippen LogP contribution in [0, 0.1) is 0 Å². The van der Waals surface area contributed by atoms with Gasteiger partial charge in [-0.1, -0.05) is 42.5 Å². The van der Waals surface area contributed by atoms with E-state index in [0.717, 1.165) is 24.7 Å². The molecule has 9 heteroatoms. The summed E-state index contributed by atoms with van der Waals surface area (Å²) in [5, 5.41) is 21.3. The first kappa shape index (κ1) is 21.0. The first-order valence-electron chi connectivity index (χ1n) is 9.70. The van der Waals surface area contributed by atoms with Crippen LogP contribution in [0.25, 0.3) is 0 Å². The van der Waals surface area contributed by atoms with E-state index in [1.54, 1.807) is 22.7 Å². The first-order valence-corrected chi connectivity index (χ1v) is 9.70. The lowest BCUT2D eigenvalue weighted by Gasteiger charge is -2.24. The van der Waals surface area contributed by atoms with Gasteiger partial charge in [-0.2, -0.15) is 8.78 Å². The van der Waals surface area contributed by atoms with Gasteiger partial charge in [0.15, 0.2) is 5.82 Å². The summed E-state index contributed by atoms with van der Waals surface area (Å²) in [5.41, 5.74) is -0.241. The van der Waals surface area contributed by atoms with E-state index in [1.807, 2.05) is 0 Å². The Labute approximate surface area is 168 Å². The average molecular weight is 405 g/mol. The van der Waals surface area contributed by atoms with Gasteiger partial charge >= 0.3 is 5.92 Å². The smallest absolute Gasteiger partial charge is 0.302 e. The summed E-state index contributed by atoms with van der Waals surface area (Å²) in [6.45, 7) is 0.532. The maximum absolute atomic E-state index is 14.4. The molecule has 1 amide bonds. The number of amides is 1. The van der Waals surface area contributed by atoms with Gasteiger partial charge < -0.3 is 10.0 Å². The van der Waals surface area contributed by atoms with Gasteiger partial charge in [-0.25, -0.2) is 4.68 Å². The zero-order valence-corrected chi connectivity index (χ0v) is 16.3. The summed E-state index contributed by atoms with van der Waals surface area (Å²) in [4.78, 5) is 13.9. The summed E-state index contributed by atoms with van der Waals surface area (Å²) in [6.07, 6.45) is 3.89. The van der Waals surface area contributed by atoms with Crippen LogP contribution >= 0.6 is 0 Å². The quantitative estimate of drug-likeness (QED) is 0.511. The molecule has 0 saturated carbocycles. The second-order valence-corrected chi connectivity index (χ2v) is 7.19. The molecule has 156 valence electrons. The van der Waals surface area contributed by atoms with Crippen molar-refractivity contribution in [2.24, 2.45) is 7.05 Å². The number of benzene rings is 1. The van der Waals surface area contributed by atoms with Crippen molar-refractivity contribution in [3.8, 4) is 0 Å². The molecule has 0 unspecified atom stereocenters. The van der Waals surface area contributed by atoms with Gasteiger partial charge in [-0.3, -0.25) is 4.79 Å². The van der Waals surface area contributed by atoms with Crippen LogP contribution in [-0.4, -0.2) is 54.8 Å². The maximum Gasteiger partial charge on any atom is 0.302 e. The van der Waals surface area contributed by atoms with Crippen molar-refractivity contribution in [2.75, 3.05) is 6.54 Å². The average Bonchev–Trinajstić information content (AvgIpc) is 3.29. The highest BCUT2D eigenvalue weighted by atomic mass is 19.3. The molecule has 0 spiro atoms. The molecule has 2 atom stereocenters. The number of aryl methyl sites for hydroxylation is 2. The van der Waals surface area contributed by atoms with Gasteiger partial charge in [0, 0.05) is 32.0 Å². The Balaban J connectivity index is 1.54. The van der Waals surface area contributed by atoms with E-state index in [4.69, 9.17) is 0 Å². The molecule has 1 aromatic heterocycles. The number of aliphatic hydroxyl groups is 1. The van der Waals surface area contributed by atoms with Gasteiger partial charge in [-0.05, 0) is 29.7 Å². The lowest BCUT2D eigenvalue weighted by molar-refractivity contribution is -0.128. The largest absolute Gasteiger partial charge is 0.382 e. The molecule has 2 aromatic rings. The molecule has 0 aliphatic carbocycles. The van der Waals surface area contributed by atoms with Crippen LogP contribution in [0.1, 0.15) is 37.1 Å². The summed E-state index contributed by atoms with van der Waals surface area (Å²) in [7, 11) is 1.77. The van der Waals surface area contributed by atoms with E-state index in [0.29, 0.717) is 25.8 Å². The molecule has 7 nitrogen and oxygen atoms in total. The second-order valence-electron chi connectivity index (χ2n) is 7.19. The van der Waals surface area contributed by atoms with E-state index in [1.165, 1.54) is 30.3 Å². The van der Waals surface area contributed by atoms with E-state index in [9.17, 15) is 18.7 Å². The van der Waals surface area contributed by atoms with Crippen molar-refractivity contribution in [3.05, 3.63) is 53.9 Å². The normalized spacial score (nSPS) is 18.7. The van der Waals surface area contributed by atoms with E-state index in [2.05, 4.69) is 15.5 Å². The maximum atomic E-state index is 14.4. The molecule has 1 saturated heterocycles. The zero-order valence-electron chi connectivity index (χ0n) is 16.3. The van der Waals surface area contributed by atoms with Crippen LogP contribution in [0.3, 0.4) is 0 Å². The van der Waals surface area contributed by atoms with Crippen molar-refractivity contribution in [1.29, 1.82) is 0 Å². The molecule has 1 fully saturated rings. The number of carbonyl (C=O) groups is 1. The van der Waals surface area contributed by atoms with Crippen LogP contribution in [0.2, 0.25) is 0 Å². The van der Waals surface area contributed by atoms with Crippen molar-refractivity contribution in [2.45, 2.75) is 50.2 Å². The number of likely N-dealkylation sites (tertiary alicyclic amines) is 1. The number of aromatic nitrogens is 4. The van der Waals surface area contributed by atoms with Crippen LogP contribution in [0.5, 0.6) is 0 Å². The molecule has 2 heterocycles. The highest BCUT2D eigenvalue weighted by Gasteiger charge is 2.39. The Bertz CT molecular complexity index is 840. The zero-order chi connectivity index (χ0) is 20.9. The topological polar surface area (TPSA) is 84.1 Å². The fraction of sp³-hybridized carbons (Fsp3) is 0.500. The van der Waals surface area contributed by atoms with Gasteiger partial charge in [-0.15, -0.1) is 5.10 Å². The summed E-state index contributed by atoms with van der Waals surface area (Å²) in [6, 6.07) is 6.96. The number of halogens is 2. The number of unbranched alkanes of at least 4 members (excludes halogenated alkanes) is 1. The van der Waals surface area contributed by atoms with Gasteiger partial charge in [0.25, 0.3) is 0 Å². The lowest BCUT2D eigenvalue weighted by atomic mass is 10.0. The Kier molecular flexibility index (Phi) is 6.68. The minimum absolute atomic E-state index is 0.00397. The molecule has 1 aliphatic rings. The number of tetrazole rings is 1. The number of hydrogen-bond donors (Lipinski definition) is 1. The van der Waals surface area contributed by atoms with Crippen molar-refractivity contribution in [1.82, 2.24) is 25.1 Å². The Hall–Kier alpha value is -2.68. The number of aliphatic hydroxyl groups excluding tert-OH is 1. The number of nitrogens with zero attached hydrogens (tertiary/aromatic N) is 5. The third-order valence-corrected chi connectivity index (χ3v) is 5.18. The van der Waals surface area contributed by atoms with E-state index in [-0.39, 0.29) is 17.5 Å². The second kappa shape index (κ2) is 9.21. The Morgan fingerprint density at radius 2 is 2.07 bits per heavy atom. The van der Waals surface area contributed by atoms with Crippen molar-refractivity contribution < 1.29 is 18.7 Å². The molecule has 29 heavy (non-hydrogen) atoms. The minimum Gasteiger partial charge on any atom is -0.382 e. The Morgan fingerprint density at radius 1 is 1.31 bits per heavy atom. The van der Waals surface area contributed by atoms with Crippen LogP contribution in [0.15, 0.2) is 42.5 Å². The Morgan fingerprint density at radius 3 is 2.76 bits per heavy atom. The molecular formula is C20H25F2N5O2. The van der Waals surface area contributed by atoms with Crippen molar-refractivity contribution in [3.63, 3.8) is 0 Å². The fourth-order valence-electron chi connectivity index (χ4n) is 3.46. The molecule has 3 rings (SSSR count). The van der Waals surface area contributed by atoms with Crippen LogP contribution in [0.4, 0.5) is 8.78 Å². The van der Waals surface area contributed by atoms with Crippen LogP contribution < -0.4 is 0 Å². The first-order chi connectivity index (χ1) is 13.9. The molecular weight excluding hydrogens is 380 g/mol. The van der Waals surface area contributed by atoms with E-state index >= 15 is 0 Å². The standard InChI is InChI=1S/C20H25F2N5O2/c1-26-18(23-24-25-26)9-5-6-14-27-16(11-13-19(27)29)10-12-17(28)20(21,22)15-7-3-2-4-8-15/h2-4,7-8,10,12,16-17,28H,5-6,9,11,13-14H2,1H3/t16-,17+/m0/s1. The minimum atomic E-state index is -3.39. The fourth-order valence-corrected chi connectivity index (χ4v) is 3.46. The monoisotopic (exact) mass is 405 g/mol. The molecule has 1 N–H and O–H groups in total. The van der Waals surface area contributed by atoms with Crippen molar-refractivity contribution >= 4 is 5.91 Å². The lowest BCUT2D eigenvalue weighted by Crippen LogP contribution is -2.34. The molecule has 1 aliphatic heterocycles. The molecule has 1 aromatic carbocycles. The van der Waals surface area contributed by atoms with Gasteiger partial charge in [0.1, 0.15) is 6.10 Å². The molecule has 0 radical (unpaired) electrons. The third-order valence-electron chi connectivity index (χ3n) is 5.18. The summed E-state index contributed by atoms with van der Waals surface area (Å²) in [5.74, 6) is -2.61. The van der Waals surface area contributed by atoms with E-state index < -0.39 is 12.0 Å². The predicted octanol–water partition coefficient (Wildman–Crippen LogP) is 2.23. The number of hydrogen-bond acceptors (Lipinski definition) is 5. The SMILES string of the molecule is Cn1nnnc1CCCCN1C(=O)CC[C@@H]1C=C[C@@H](O)C(F)(F)c1ccccc1. The van der Waals surface area contributed by atoms with Crippen LogP contribution in [-0.2, 0) is 24.2 Å². The molecule has 0 bridgehead atoms. The third kappa shape index (κ3) is 5.03. The number of rotatable bonds is 9. The summed E-state index contributed by atoms with van der Waals surface area (Å²) < 4.78 is 30.4. The number of alkyl halides is 2.